The van der Waals surface area contributed by atoms with E-state index in [2.05, 4.69) is 5.32 Å². The number of aryl methyl sites for hydroxylation is 1. The number of carbonyl (C=O) groups is 2. The van der Waals surface area contributed by atoms with Crippen molar-refractivity contribution in [3.05, 3.63) is 70.8 Å². The molecule has 0 heterocycles. The monoisotopic (exact) mass is 365 g/mol. The highest BCUT2D eigenvalue weighted by atomic mass is 19.4. The number of halogens is 3. The van der Waals surface area contributed by atoms with E-state index in [1.54, 1.807) is 25.1 Å². The maximum atomic E-state index is 12.9. The Morgan fingerprint density at radius 1 is 1.04 bits per heavy atom. The second-order valence-corrected chi connectivity index (χ2v) is 5.64. The standard InChI is InChI=1S/C19H18F3NO3/c1-13-6-2-4-8-15(13)18(25)23-11-10-17(24)26-12-14-7-3-5-9-16(14)19(20,21)22/h2-9H,10-12H2,1H3,(H,23,25). The molecule has 0 aromatic heterocycles. The van der Waals surface area contributed by atoms with E-state index in [1.165, 1.54) is 18.2 Å². The van der Waals surface area contributed by atoms with E-state index in [0.717, 1.165) is 11.6 Å². The number of carbonyl (C=O) groups excluding carboxylic acids is 2. The molecule has 0 radical (unpaired) electrons. The number of alkyl halides is 3. The molecule has 0 bridgehead atoms. The average Bonchev–Trinajstić information content (AvgIpc) is 2.59. The normalized spacial score (nSPS) is 11.1. The molecule has 138 valence electrons. The van der Waals surface area contributed by atoms with E-state index < -0.39 is 24.3 Å². The van der Waals surface area contributed by atoms with E-state index in [4.69, 9.17) is 4.74 Å². The number of amides is 1. The van der Waals surface area contributed by atoms with Gasteiger partial charge in [0.1, 0.15) is 6.61 Å². The van der Waals surface area contributed by atoms with Crippen molar-refractivity contribution in [2.45, 2.75) is 26.1 Å². The molecule has 0 aliphatic heterocycles. The Morgan fingerprint density at radius 3 is 2.38 bits per heavy atom. The highest BCUT2D eigenvalue weighted by Crippen LogP contribution is 2.32. The Balaban J connectivity index is 1.82. The lowest BCUT2D eigenvalue weighted by molar-refractivity contribution is -0.147. The summed E-state index contributed by atoms with van der Waals surface area (Å²) in [6.07, 6.45) is -4.64. The fraction of sp³-hybridized carbons (Fsp3) is 0.263. The van der Waals surface area contributed by atoms with Gasteiger partial charge >= 0.3 is 12.1 Å². The third kappa shape index (κ3) is 5.34. The van der Waals surface area contributed by atoms with Crippen LogP contribution in [-0.4, -0.2) is 18.4 Å². The molecule has 0 aliphatic carbocycles. The largest absolute Gasteiger partial charge is 0.461 e. The molecular formula is C19H18F3NO3. The summed E-state index contributed by atoms with van der Waals surface area (Å²) in [5, 5.41) is 2.58. The van der Waals surface area contributed by atoms with Crippen molar-refractivity contribution in [1.29, 1.82) is 0 Å². The van der Waals surface area contributed by atoms with Gasteiger partial charge in [-0.05, 0) is 24.6 Å². The maximum absolute atomic E-state index is 12.9. The van der Waals surface area contributed by atoms with Gasteiger partial charge in [-0.1, -0.05) is 36.4 Å². The van der Waals surface area contributed by atoms with Crippen LogP contribution in [-0.2, 0) is 22.3 Å². The van der Waals surface area contributed by atoms with Gasteiger partial charge in [0.25, 0.3) is 5.91 Å². The van der Waals surface area contributed by atoms with Crippen molar-refractivity contribution in [2.24, 2.45) is 0 Å². The fourth-order valence-electron chi connectivity index (χ4n) is 2.35. The number of hydrogen-bond donors (Lipinski definition) is 1. The van der Waals surface area contributed by atoms with E-state index in [-0.39, 0.29) is 24.4 Å². The minimum Gasteiger partial charge on any atom is -0.461 e. The zero-order chi connectivity index (χ0) is 19.2. The van der Waals surface area contributed by atoms with Crippen LogP contribution in [0.3, 0.4) is 0 Å². The van der Waals surface area contributed by atoms with Crippen molar-refractivity contribution in [3.8, 4) is 0 Å². The van der Waals surface area contributed by atoms with Crippen LogP contribution in [0.5, 0.6) is 0 Å². The number of benzene rings is 2. The van der Waals surface area contributed by atoms with E-state index in [1.807, 2.05) is 6.07 Å². The lowest BCUT2D eigenvalue weighted by Gasteiger charge is -2.13. The summed E-state index contributed by atoms with van der Waals surface area (Å²) in [5.41, 5.74) is 0.356. The molecule has 4 nitrogen and oxygen atoms in total. The van der Waals surface area contributed by atoms with E-state index in [9.17, 15) is 22.8 Å². The first kappa shape index (κ1) is 19.5. The predicted octanol–water partition coefficient (Wildman–Crippen LogP) is 3.88. The molecule has 0 saturated heterocycles. The smallest absolute Gasteiger partial charge is 0.416 e. The van der Waals surface area contributed by atoms with Crippen LogP contribution < -0.4 is 5.32 Å². The summed E-state index contributed by atoms with van der Waals surface area (Å²) in [6, 6.07) is 11.9. The van der Waals surface area contributed by atoms with E-state index in [0.29, 0.717) is 5.56 Å². The summed E-state index contributed by atoms with van der Waals surface area (Å²) < 4.78 is 43.5. The molecule has 0 unspecified atom stereocenters. The Hall–Kier alpha value is -2.83. The average molecular weight is 365 g/mol. The van der Waals surface area contributed by atoms with Gasteiger partial charge < -0.3 is 10.1 Å². The summed E-state index contributed by atoms with van der Waals surface area (Å²) in [4.78, 5) is 23.7. The molecule has 2 rings (SSSR count). The van der Waals surface area contributed by atoms with Gasteiger partial charge in [-0.15, -0.1) is 0 Å². The van der Waals surface area contributed by atoms with Crippen molar-refractivity contribution in [2.75, 3.05) is 6.54 Å². The van der Waals surface area contributed by atoms with E-state index >= 15 is 0 Å². The first-order chi connectivity index (χ1) is 12.3. The quantitative estimate of drug-likeness (QED) is 0.791. The van der Waals surface area contributed by atoms with Crippen LogP contribution in [0.2, 0.25) is 0 Å². The summed E-state index contributed by atoms with van der Waals surface area (Å²) in [6.45, 7) is 1.36. The first-order valence-corrected chi connectivity index (χ1v) is 7.93. The Bertz CT molecular complexity index is 788. The zero-order valence-corrected chi connectivity index (χ0v) is 14.1. The van der Waals surface area contributed by atoms with Crippen LogP contribution in [0.15, 0.2) is 48.5 Å². The highest BCUT2D eigenvalue weighted by Gasteiger charge is 2.33. The SMILES string of the molecule is Cc1ccccc1C(=O)NCCC(=O)OCc1ccccc1C(F)(F)F. The van der Waals surface area contributed by atoms with Crippen LogP contribution >= 0.6 is 0 Å². The molecular weight excluding hydrogens is 347 g/mol. The molecule has 2 aromatic rings. The predicted molar refractivity (Wildman–Crippen MR) is 89.4 cm³/mol. The number of nitrogens with one attached hydrogen (secondary N) is 1. The zero-order valence-electron chi connectivity index (χ0n) is 14.1. The Labute approximate surface area is 149 Å². The molecule has 2 aromatic carbocycles. The fourth-order valence-corrected chi connectivity index (χ4v) is 2.35. The summed E-state index contributed by atoms with van der Waals surface area (Å²) in [5.74, 6) is -1.01. The third-order valence-electron chi connectivity index (χ3n) is 3.72. The van der Waals surface area contributed by atoms with Gasteiger partial charge in [-0.3, -0.25) is 9.59 Å². The topological polar surface area (TPSA) is 55.4 Å². The Kier molecular flexibility index (Phi) is 6.38. The van der Waals surface area contributed by atoms with Crippen LogP contribution in [0, 0.1) is 6.92 Å². The van der Waals surface area contributed by atoms with Crippen LogP contribution in [0.25, 0.3) is 0 Å². The van der Waals surface area contributed by atoms with Crippen LogP contribution in [0.1, 0.15) is 33.5 Å². The lowest BCUT2D eigenvalue weighted by atomic mass is 10.1. The second-order valence-electron chi connectivity index (χ2n) is 5.64. The first-order valence-electron chi connectivity index (χ1n) is 7.93. The van der Waals surface area contributed by atoms with Gasteiger partial charge in [0.15, 0.2) is 0 Å². The molecule has 0 spiro atoms. The van der Waals surface area contributed by atoms with Crippen molar-refractivity contribution in [1.82, 2.24) is 5.32 Å². The van der Waals surface area contributed by atoms with Crippen molar-refractivity contribution in [3.63, 3.8) is 0 Å². The second kappa shape index (κ2) is 8.51. The van der Waals surface area contributed by atoms with Gasteiger partial charge in [0.05, 0.1) is 12.0 Å². The van der Waals surface area contributed by atoms with Crippen LogP contribution in [0.4, 0.5) is 13.2 Å². The van der Waals surface area contributed by atoms with Gasteiger partial charge in [0.2, 0.25) is 0 Å². The minimum absolute atomic E-state index is 0.0346. The highest BCUT2D eigenvalue weighted by molar-refractivity contribution is 5.95. The van der Waals surface area contributed by atoms with Gasteiger partial charge in [0, 0.05) is 17.7 Å². The Morgan fingerprint density at radius 2 is 1.69 bits per heavy atom. The molecule has 7 heteroatoms. The maximum Gasteiger partial charge on any atom is 0.416 e. The molecule has 1 N–H and O–H groups in total. The molecule has 1 amide bonds. The van der Waals surface area contributed by atoms with Gasteiger partial charge in [-0.2, -0.15) is 13.2 Å². The number of rotatable bonds is 6. The lowest BCUT2D eigenvalue weighted by Crippen LogP contribution is -2.27. The van der Waals surface area contributed by atoms with Crippen molar-refractivity contribution >= 4 is 11.9 Å². The third-order valence-corrected chi connectivity index (χ3v) is 3.72. The molecule has 0 aliphatic rings. The summed E-state index contributed by atoms with van der Waals surface area (Å²) >= 11 is 0. The number of ether oxygens (including phenoxy) is 1. The molecule has 0 atom stereocenters. The number of esters is 1. The molecule has 0 saturated carbocycles. The number of hydrogen-bond acceptors (Lipinski definition) is 3. The molecule has 26 heavy (non-hydrogen) atoms. The van der Waals surface area contributed by atoms with Crippen molar-refractivity contribution < 1.29 is 27.5 Å². The van der Waals surface area contributed by atoms with Gasteiger partial charge in [-0.25, -0.2) is 0 Å². The minimum atomic E-state index is -4.51. The summed E-state index contributed by atoms with van der Waals surface area (Å²) in [7, 11) is 0. The molecule has 0 fully saturated rings.